The number of nitriles is 4. The number of allylic oxidation sites excluding steroid dienone is 6. The van der Waals surface area contributed by atoms with Gasteiger partial charge in [-0.3, -0.25) is 9.59 Å². The molecule has 15 heteroatoms. The average Bonchev–Trinajstić information content (AvgIpc) is 1.50. The van der Waals surface area contributed by atoms with E-state index in [-0.39, 0.29) is 33.9 Å². The zero-order valence-electron chi connectivity index (χ0n) is 50.9. The summed E-state index contributed by atoms with van der Waals surface area (Å²) in [5, 5.41) is 42.8. The second-order valence-electron chi connectivity index (χ2n) is 24.2. The van der Waals surface area contributed by atoms with Crippen LogP contribution in [0.2, 0.25) is 0 Å². The standard InChI is InChI=1S/C80H44N8O2S5/c1-41-13-22-48(23-14-41)79(49-24-15-42(2)16-25-49)61-31-45(73-87-77-75(94-73)85-66(92-77)34-59-68(46(37-81)38-82)53-9-5-7-11-55(53)70(59)89)21-30-52(61)57-32-63-58(33-62(57)79)72-64(80(63,50-26-17-43(3)18-27-50)51-28-19-44(4)20-29-51)36-65(91-72)74-88-78-76(95-74)86-67(93-78)35-60-69(47(39-83)40-84)54-10-6-8-12-56(54)71(60)90/h5-36H,1-4H3. The number of fused-ring (bicyclic) bond motifs is 10. The highest BCUT2D eigenvalue weighted by Gasteiger charge is 2.53. The van der Waals surface area contributed by atoms with Crippen molar-refractivity contribution >= 4 is 111 Å². The maximum absolute atomic E-state index is 13.9. The second kappa shape index (κ2) is 21.7. The molecule has 0 radical (unpaired) electrons. The second-order valence-corrected chi connectivity index (χ2v) is 29.2. The summed E-state index contributed by atoms with van der Waals surface area (Å²) in [4.78, 5) is 53.5. The number of rotatable bonds is 8. The topological polar surface area (TPSA) is 181 Å². The maximum Gasteiger partial charge on any atom is 0.194 e. The van der Waals surface area contributed by atoms with Crippen molar-refractivity contribution in [3.8, 4) is 66.3 Å². The fourth-order valence-corrected chi connectivity index (χ4v) is 19.8. The Morgan fingerprint density at radius 1 is 0.379 bits per heavy atom. The molecule has 10 nitrogen and oxygen atoms in total. The number of nitrogens with zero attached hydrogens (tertiary/aromatic N) is 8. The molecule has 5 aromatic heterocycles. The molecule has 13 aromatic rings. The molecule has 0 aliphatic heterocycles. The van der Waals surface area contributed by atoms with Gasteiger partial charge in [-0.15, -0.1) is 11.3 Å². The minimum atomic E-state index is -0.823. The van der Waals surface area contributed by atoms with Gasteiger partial charge in [0.1, 0.15) is 55.5 Å². The van der Waals surface area contributed by atoms with E-state index < -0.39 is 10.8 Å². The van der Waals surface area contributed by atoms with Gasteiger partial charge in [-0.05, 0) is 136 Å². The summed E-state index contributed by atoms with van der Waals surface area (Å²) < 4.78 is 0. The molecule has 4 aliphatic rings. The predicted octanol–water partition coefficient (Wildman–Crippen LogP) is 19.3. The van der Waals surface area contributed by atoms with Crippen LogP contribution in [0.1, 0.15) is 109 Å². The molecule has 0 bridgehead atoms. The summed E-state index contributed by atoms with van der Waals surface area (Å²) in [5.74, 6) is -0.512. The van der Waals surface area contributed by atoms with Crippen molar-refractivity contribution < 1.29 is 9.59 Å². The minimum Gasteiger partial charge on any atom is -0.289 e. The Balaban J connectivity index is 0.847. The summed E-state index contributed by atoms with van der Waals surface area (Å²) in [6.07, 6.45) is 3.38. The van der Waals surface area contributed by atoms with E-state index in [1.807, 2.05) is 24.3 Å². The Hall–Kier alpha value is -11.2. The smallest absolute Gasteiger partial charge is 0.194 e. The Morgan fingerprint density at radius 3 is 1.22 bits per heavy atom. The third-order valence-electron chi connectivity index (χ3n) is 18.8. The molecule has 17 rings (SSSR count). The molecule has 0 spiro atoms. The number of thiophene rings is 1. The zero-order chi connectivity index (χ0) is 64.8. The molecule has 0 fully saturated rings. The minimum absolute atomic E-state index is 0.124. The van der Waals surface area contributed by atoms with Crippen molar-refractivity contribution in [3.05, 3.63) is 303 Å². The van der Waals surface area contributed by atoms with Gasteiger partial charge in [0.05, 0.1) is 15.7 Å². The van der Waals surface area contributed by atoms with Crippen molar-refractivity contribution in [1.82, 2.24) is 19.9 Å². The lowest BCUT2D eigenvalue weighted by Gasteiger charge is -2.36. The maximum atomic E-state index is 13.9. The first-order valence-corrected chi connectivity index (χ1v) is 34.5. The Bertz CT molecular complexity index is 5730. The van der Waals surface area contributed by atoms with Crippen molar-refractivity contribution in [2.75, 3.05) is 0 Å². The van der Waals surface area contributed by atoms with Gasteiger partial charge in [-0.2, -0.15) is 21.0 Å². The lowest BCUT2D eigenvalue weighted by atomic mass is 9.65. The summed E-state index contributed by atoms with van der Waals surface area (Å²) in [7, 11) is 0. The SMILES string of the molecule is Cc1ccc(C2(c3ccc(C)cc3)c3cc(-c4nc5sc(C=C6C(=O)c7ccccc7C6=C(C#N)C#N)nc5s4)ccc3-c3cc4c(cc32)-c2sc(-c3nc5sc(C=C6C(=O)c7ccccc7C6=C(C#N)C#N)nc5s3)cc2C4(c2ccc(C)cc2)c2ccc(C)cc2)cc1. The van der Waals surface area contributed by atoms with E-state index >= 15 is 0 Å². The first kappa shape index (κ1) is 57.6. The number of carbonyl (C=O) groups is 2. The molecule has 0 saturated heterocycles. The van der Waals surface area contributed by atoms with Gasteiger partial charge in [-0.25, -0.2) is 19.9 Å². The Labute approximate surface area is 565 Å². The summed E-state index contributed by atoms with van der Waals surface area (Å²) >= 11 is 7.49. The van der Waals surface area contributed by atoms with E-state index in [2.05, 4.69) is 161 Å². The highest BCUT2D eigenvalue weighted by atomic mass is 32.1. The zero-order valence-corrected chi connectivity index (χ0v) is 55.0. The van der Waals surface area contributed by atoms with Crippen molar-refractivity contribution in [3.63, 3.8) is 0 Å². The highest BCUT2D eigenvalue weighted by Crippen LogP contribution is 2.65. The average molecular weight is 1310 g/mol. The van der Waals surface area contributed by atoms with Crippen LogP contribution in [0.4, 0.5) is 0 Å². The molecule has 0 amide bonds. The number of ketones is 2. The van der Waals surface area contributed by atoms with Gasteiger partial charge in [0.2, 0.25) is 0 Å². The molecule has 8 aromatic carbocycles. The van der Waals surface area contributed by atoms with E-state index in [0.717, 1.165) is 107 Å². The van der Waals surface area contributed by atoms with Crippen LogP contribution in [0, 0.1) is 73.0 Å². The normalized spacial score (nSPS) is 15.1. The molecule has 5 heterocycles. The number of aryl methyl sites for hydroxylation is 4. The van der Waals surface area contributed by atoms with Crippen molar-refractivity contribution in [1.29, 1.82) is 21.0 Å². The number of Topliss-reactive ketones (excluding diaryl/α,β-unsaturated/α-hetero) is 2. The van der Waals surface area contributed by atoms with Gasteiger partial charge in [-0.1, -0.05) is 225 Å². The third kappa shape index (κ3) is 8.52. The lowest BCUT2D eigenvalue weighted by molar-refractivity contribution is 0.103. The molecule has 4 aliphatic carbocycles. The van der Waals surface area contributed by atoms with E-state index in [1.54, 1.807) is 72.0 Å². The number of carbonyl (C=O) groups excluding carboxylic acids is 2. The Kier molecular flexibility index (Phi) is 13.2. The largest absolute Gasteiger partial charge is 0.289 e. The van der Waals surface area contributed by atoms with E-state index in [4.69, 9.17) is 19.9 Å². The number of hydrogen-bond donors (Lipinski definition) is 0. The van der Waals surface area contributed by atoms with Crippen LogP contribution in [0.15, 0.2) is 204 Å². The summed E-state index contributed by atoms with van der Waals surface area (Å²) in [6, 6.07) is 72.4. The van der Waals surface area contributed by atoms with Crippen LogP contribution < -0.4 is 0 Å². The first-order valence-electron chi connectivity index (χ1n) is 30.4. The van der Waals surface area contributed by atoms with E-state index in [9.17, 15) is 30.6 Å². The van der Waals surface area contributed by atoms with Crippen LogP contribution in [-0.2, 0) is 10.8 Å². The molecule has 0 unspecified atom stereocenters. The van der Waals surface area contributed by atoms with Crippen molar-refractivity contribution in [2.45, 2.75) is 38.5 Å². The first-order chi connectivity index (χ1) is 46.3. The van der Waals surface area contributed by atoms with Crippen molar-refractivity contribution in [2.24, 2.45) is 0 Å². The fraction of sp³-hybridized carbons (Fsp3) is 0.0750. The molecule has 0 atom stereocenters. The molecule has 446 valence electrons. The molecule has 95 heavy (non-hydrogen) atoms. The monoisotopic (exact) mass is 1310 g/mol. The number of aromatic nitrogens is 4. The number of thiazole rings is 4. The van der Waals surface area contributed by atoms with Crippen LogP contribution in [0.3, 0.4) is 0 Å². The third-order valence-corrected chi connectivity index (χ3v) is 24.2. The van der Waals surface area contributed by atoms with Crippen LogP contribution in [0.5, 0.6) is 0 Å². The van der Waals surface area contributed by atoms with Gasteiger partial charge in [0, 0.05) is 43.9 Å². The molecular formula is C80H44N8O2S5. The van der Waals surface area contributed by atoms with E-state index in [0.29, 0.717) is 53.1 Å². The highest BCUT2D eigenvalue weighted by molar-refractivity contribution is 7.30. The summed E-state index contributed by atoms with van der Waals surface area (Å²) in [6.45, 7) is 8.52. The van der Waals surface area contributed by atoms with Crippen LogP contribution in [0.25, 0.3) is 84.6 Å². The quantitative estimate of drug-likeness (QED) is 0.105. The molecule has 0 N–H and O–H groups in total. The number of benzene rings is 8. The fourth-order valence-electron chi connectivity index (χ4n) is 14.5. The number of hydrogen-bond acceptors (Lipinski definition) is 15. The molecular weight excluding hydrogens is 1270 g/mol. The van der Waals surface area contributed by atoms with Gasteiger partial charge in [0.15, 0.2) is 30.9 Å². The van der Waals surface area contributed by atoms with Crippen LogP contribution >= 0.6 is 56.7 Å². The molecule has 0 saturated carbocycles. The van der Waals surface area contributed by atoms with Gasteiger partial charge >= 0.3 is 0 Å². The Morgan fingerprint density at radius 2 is 0.768 bits per heavy atom. The van der Waals surface area contributed by atoms with Crippen LogP contribution in [-0.4, -0.2) is 31.5 Å². The lowest BCUT2D eigenvalue weighted by Crippen LogP contribution is -2.30. The van der Waals surface area contributed by atoms with Gasteiger partial charge < -0.3 is 0 Å². The van der Waals surface area contributed by atoms with E-state index in [1.165, 1.54) is 56.5 Å². The predicted molar refractivity (Wildman–Crippen MR) is 380 cm³/mol. The summed E-state index contributed by atoms with van der Waals surface area (Å²) in [5.41, 5.74) is 19.5. The van der Waals surface area contributed by atoms with Gasteiger partial charge in [0.25, 0.3) is 0 Å².